The third-order valence-electron chi connectivity index (χ3n) is 5.84. The molecule has 2 aromatic carbocycles. The number of thioether (sulfide) groups is 1. The number of hydrogen-bond donors (Lipinski definition) is 2. The van der Waals surface area contributed by atoms with Crippen LogP contribution in [0.3, 0.4) is 0 Å². The molecular weight excluding hydrogens is 542 g/mol. The molecule has 39 heavy (non-hydrogen) atoms. The highest BCUT2D eigenvalue weighted by atomic mass is 32.2. The zero-order chi connectivity index (χ0) is 28.5. The summed E-state index contributed by atoms with van der Waals surface area (Å²) in [5.41, 5.74) is 5.83. The summed E-state index contributed by atoms with van der Waals surface area (Å²) in [4.78, 5) is 8.08. The summed E-state index contributed by atoms with van der Waals surface area (Å²) in [5, 5.41) is 1.09. The SMILES string of the molecule is CSc1cccc(-c2ccc(-n3cc(C(F)(F)F)nc3C)c(N(N)/C(=C\N)c3ccc(C(F)(F)F)nc3)c2)c1. The second-order valence-electron chi connectivity index (χ2n) is 8.33. The van der Waals surface area contributed by atoms with Crippen LogP contribution in [0.4, 0.5) is 32.0 Å². The van der Waals surface area contributed by atoms with Crippen LogP contribution in [0.15, 0.2) is 78.1 Å². The van der Waals surface area contributed by atoms with Crippen LogP contribution >= 0.6 is 11.8 Å². The van der Waals surface area contributed by atoms with Gasteiger partial charge in [0.1, 0.15) is 11.5 Å². The number of nitrogens with zero attached hydrogens (tertiary/aromatic N) is 4. The van der Waals surface area contributed by atoms with Crippen LogP contribution in [0.2, 0.25) is 0 Å². The molecule has 0 amide bonds. The smallest absolute Gasteiger partial charge is 0.403 e. The molecule has 4 rings (SSSR count). The predicted molar refractivity (Wildman–Crippen MR) is 139 cm³/mol. The van der Waals surface area contributed by atoms with Gasteiger partial charge in [-0.1, -0.05) is 18.2 Å². The van der Waals surface area contributed by atoms with Crippen LogP contribution in [0.5, 0.6) is 0 Å². The first kappa shape index (κ1) is 28.0. The lowest BCUT2D eigenvalue weighted by Gasteiger charge is -2.26. The van der Waals surface area contributed by atoms with E-state index in [0.29, 0.717) is 5.56 Å². The highest BCUT2D eigenvalue weighted by Gasteiger charge is 2.35. The Morgan fingerprint density at radius 3 is 2.21 bits per heavy atom. The Kier molecular flexibility index (Phi) is 7.66. The lowest BCUT2D eigenvalue weighted by Crippen LogP contribution is -2.31. The van der Waals surface area contributed by atoms with Gasteiger partial charge in [0, 0.05) is 29.1 Å². The molecule has 13 heteroatoms. The number of halogens is 6. The molecule has 2 aromatic heterocycles. The molecule has 0 unspecified atom stereocenters. The van der Waals surface area contributed by atoms with Gasteiger partial charge in [0.05, 0.1) is 17.1 Å². The van der Waals surface area contributed by atoms with Crippen molar-refractivity contribution in [3.8, 4) is 16.8 Å². The van der Waals surface area contributed by atoms with Crippen LogP contribution in [0.25, 0.3) is 22.5 Å². The number of nitrogens with two attached hydrogens (primary N) is 2. The number of aryl methyl sites for hydroxylation is 1. The van der Waals surface area contributed by atoms with Crippen molar-refractivity contribution in [2.45, 2.75) is 24.2 Å². The number of aromatic nitrogens is 3. The van der Waals surface area contributed by atoms with E-state index in [1.54, 1.807) is 18.2 Å². The summed E-state index contributed by atoms with van der Waals surface area (Å²) in [6.07, 6.45) is -4.50. The maximum absolute atomic E-state index is 13.4. The molecule has 4 N–H and O–H groups in total. The number of pyridine rings is 1. The minimum atomic E-state index is -4.68. The van der Waals surface area contributed by atoms with Crippen molar-refractivity contribution >= 4 is 23.1 Å². The molecule has 4 aromatic rings. The summed E-state index contributed by atoms with van der Waals surface area (Å²) in [5.74, 6) is 6.51. The first-order valence-corrected chi connectivity index (χ1v) is 12.5. The standard InChI is InChI=1S/C26H22F6N6S/c1-15-36-24(26(30,31)32)14-37(15)20-8-6-17(16-4-3-5-19(10-16)39-2)11-21(20)38(34)22(12-33)18-7-9-23(35-13-18)25(27,28)29/h3-14H,33-34H2,1-2H3/b22-12-. The second-order valence-corrected chi connectivity index (χ2v) is 9.21. The van der Waals surface area contributed by atoms with Crippen molar-refractivity contribution in [3.63, 3.8) is 0 Å². The van der Waals surface area contributed by atoms with Gasteiger partial charge in [0.2, 0.25) is 0 Å². The van der Waals surface area contributed by atoms with Gasteiger partial charge >= 0.3 is 12.4 Å². The Morgan fingerprint density at radius 1 is 0.949 bits per heavy atom. The van der Waals surface area contributed by atoms with Crippen molar-refractivity contribution in [2.24, 2.45) is 11.6 Å². The lowest BCUT2D eigenvalue weighted by atomic mass is 10.0. The van der Waals surface area contributed by atoms with Crippen LogP contribution in [-0.2, 0) is 12.4 Å². The topological polar surface area (TPSA) is 86.0 Å². The minimum Gasteiger partial charge on any atom is -0.403 e. The van der Waals surface area contributed by atoms with Gasteiger partial charge < -0.3 is 10.3 Å². The zero-order valence-corrected chi connectivity index (χ0v) is 21.4. The Bertz CT molecular complexity index is 1510. The Labute approximate surface area is 223 Å². The van der Waals surface area contributed by atoms with Gasteiger partial charge in [-0.2, -0.15) is 26.3 Å². The van der Waals surface area contributed by atoms with E-state index >= 15 is 0 Å². The van der Waals surface area contributed by atoms with Gasteiger partial charge in [-0.25, -0.2) is 10.8 Å². The maximum Gasteiger partial charge on any atom is 0.434 e. The fourth-order valence-electron chi connectivity index (χ4n) is 3.91. The maximum atomic E-state index is 13.4. The number of imidazole rings is 1. The summed E-state index contributed by atoms with van der Waals surface area (Å²) >= 11 is 1.54. The highest BCUT2D eigenvalue weighted by molar-refractivity contribution is 7.98. The molecule has 0 bridgehead atoms. The molecule has 0 fully saturated rings. The number of hydrogen-bond acceptors (Lipinski definition) is 6. The quantitative estimate of drug-likeness (QED) is 0.118. The van der Waals surface area contributed by atoms with Crippen molar-refractivity contribution in [3.05, 3.63) is 96.0 Å². The number of benzene rings is 2. The van der Waals surface area contributed by atoms with Gasteiger partial charge in [0.15, 0.2) is 5.69 Å². The second kappa shape index (κ2) is 10.7. The van der Waals surface area contributed by atoms with E-state index in [9.17, 15) is 26.3 Å². The zero-order valence-electron chi connectivity index (χ0n) is 20.5. The largest absolute Gasteiger partial charge is 0.434 e. The summed E-state index contributed by atoms with van der Waals surface area (Å²) in [6, 6.07) is 14.5. The molecule has 0 saturated heterocycles. The van der Waals surface area contributed by atoms with Crippen molar-refractivity contribution in [2.75, 3.05) is 11.3 Å². The van der Waals surface area contributed by atoms with E-state index in [1.165, 1.54) is 23.3 Å². The molecule has 0 aliphatic carbocycles. The number of anilines is 1. The first-order valence-electron chi connectivity index (χ1n) is 11.3. The van der Waals surface area contributed by atoms with Gasteiger partial charge in [0.25, 0.3) is 0 Å². The van der Waals surface area contributed by atoms with E-state index in [2.05, 4.69) is 9.97 Å². The summed E-state index contributed by atoms with van der Waals surface area (Å²) in [6.45, 7) is 1.41. The summed E-state index contributed by atoms with van der Waals surface area (Å²) < 4.78 is 80.5. The van der Waals surface area contributed by atoms with E-state index in [4.69, 9.17) is 11.6 Å². The molecular formula is C26H22F6N6S. The van der Waals surface area contributed by atoms with Gasteiger partial charge in [-0.05, 0) is 60.7 Å². The minimum absolute atomic E-state index is 0.0450. The first-order chi connectivity index (χ1) is 18.3. The monoisotopic (exact) mass is 564 g/mol. The fraction of sp³-hybridized carbons (Fsp3) is 0.154. The van der Waals surface area contributed by atoms with Gasteiger partial charge in [-0.3, -0.25) is 9.99 Å². The molecule has 0 spiro atoms. The number of rotatable bonds is 6. The van der Waals surface area contributed by atoms with E-state index < -0.39 is 23.7 Å². The Balaban J connectivity index is 1.87. The van der Waals surface area contributed by atoms with E-state index in [0.717, 1.165) is 46.2 Å². The van der Waals surface area contributed by atoms with Crippen LogP contribution in [0, 0.1) is 6.92 Å². The molecule has 0 atom stereocenters. The predicted octanol–water partition coefficient (Wildman–Crippen LogP) is 6.64. The Morgan fingerprint density at radius 2 is 1.64 bits per heavy atom. The molecule has 0 radical (unpaired) electrons. The average molecular weight is 565 g/mol. The summed E-state index contributed by atoms with van der Waals surface area (Å²) in [7, 11) is 0. The van der Waals surface area contributed by atoms with Crippen molar-refractivity contribution in [1.29, 1.82) is 0 Å². The van der Waals surface area contributed by atoms with E-state index in [1.807, 2.05) is 30.5 Å². The highest BCUT2D eigenvalue weighted by Crippen LogP contribution is 2.37. The van der Waals surface area contributed by atoms with Crippen molar-refractivity contribution < 1.29 is 26.3 Å². The third-order valence-corrected chi connectivity index (χ3v) is 6.56. The lowest BCUT2D eigenvalue weighted by molar-refractivity contribution is -0.141. The van der Waals surface area contributed by atoms with Crippen molar-refractivity contribution in [1.82, 2.24) is 14.5 Å². The van der Waals surface area contributed by atoms with E-state index in [-0.39, 0.29) is 28.5 Å². The molecule has 0 saturated carbocycles. The molecule has 2 heterocycles. The average Bonchev–Trinajstić information content (AvgIpc) is 3.30. The fourth-order valence-corrected chi connectivity index (χ4v) is 4.37. The molecule has 0 aliphatic rings. The number of hydrazine groups is 1. The van der Waals surface area contributed by atoms with Crippen LogP contribution < -0.4 is 16.6 Å². The molecule has 0 aliphatic heterocycles. The normalized spacial score (nSPS) is 12.6. The van der Waals surface area contributed by atoms with Gasteiger partial charge in [-0.15, -0.1) is 11.8 Å². The molecule has 204 valence electrons. The van der Waals surface area contributed by atoms with Crippen LogP contribution in [0.1, 0.15) is 22.8 Å². The third kappa shape index (κ3) is 5.88. The number of alkyl halides is 6. The Hall–Kier alpha value is -3.97. The molecule has 6 nitrogen and oxygen atoms in total. The van der Waals surface area contributed by atoms with Crippen LogP contribution in [-0.4, -0.2) is 20.8 Å².